The number of rotatable bonds is 4. The van der Waals surface area contributed by atoms with E-state index >= 15 is 0 Å². The van der Waals surface area contributed by atoms with Gasteiger partial charge in [0.25, 0.3) is 5.91 Å². The number of carbonyl (C=O) groups is 1. The van der Waals surface area contributed by atoms with E-state index in [2.05, 4.69) is 4.98 Å². The Hall–Kier alpha value is -2.56. The van der Waals surface area contributed by atoms with Crippen LogP contribution in [-0.2, 0) is 6.54 Å². The third kappa shape index (κ3) is 3.06. The molecule has 0 unspecified atom stereocenters. The molecule has 0 fully saturated rings. The van der Waals surface area contributed by atoms with Gasteiger partial charge in [0.2, 0.25) is 0 Å². The van der Waals surface area contributed by atoms with Crippen LogP contribution in [0, 0.1) is 0 Å². The molecule has 104 valence electrons. The molecule has 0 aliphatic carbocycles. The summed E-state index contributed by atoms with van der Waals surface area (Å²) in [5, 5.41) is 0. The molecule has 2 rings (SSSR count). The predicted octanol–water partition coefficient (Wildman–Crippen LogP) is 1.94. The second kappa shape index (κ2) is 6.06. The Bertz CT molecular complexity index is 599. The quantitative estimate of drug-likeness (QED) is 0.863. The first-order chi connectivity index (χ1) is 9.61. The van der Waals surface area contributed by atoms with E-state index in [1.165, 1.54) is 0 Å². The number of carbonyl (C=O) groups excluding carboxylic acids is 1. The van der Waals surface area contributed by atoms with Crippen LogP contribution >= 0.6 is 0 Å². The van der Waals surface area contributed by atoms with Gasteiger partial charge in [0, 0.05) is 31.5 Å². The van der Waals surface area contributed by atoms with Crippen molar-refractivity contribution in [3.8, 4) is 5.75 Å². The van der Waals surface area contributed by atoms with E-state index in [0.717, 1.165) is 5.56 Å². The van der Waals surface area contributed by atoms with Gasteiger partial charge in [-0.2, -0.15) is 0 Å². The van der Waals surface area contributed by atoms with Crippen molar-refractivity contribution in [2.75, 3.05) is 19.9 Å². The smallest absolute Gasteiger partial charge is 0.253 e. The summed E-state index contributed by atoms with van der Waals surface area (Å²) in [4.78, 5) is 17.9. The zero-order valence-electron chi connectivity index (χ0n) is 11.5. The fourth-order valence-corrected chi connectivity index (χ4v) is 1.92. The Morgan fingerprint density at radius 2 is 2.00 bits per heavy atom. The number of nitrogens with two attached hydrogens (primary N) is 1. The Balaban J connectivity index is 2.12. The Labute approximate surface area is 118 Å². The molecule has 0 radical (unpaired) electrons. The van der Waals surface area contributed by atoms with Gasteiger partial charge in [0.15, 0.2) is 0 Å². The van der Waals surface area contributed by atoms with Crippen molar-refractivity contribution in [3.05, 3.63) is 53.9 Å². The highest BCUT2D eigenvalue weighted by Gasteiger charge is 2.13. The van der Waals surface area contributed by atoms with Gasteiger partial charge in [-0.25, -0.2) is 0 Å². The lowest BCUT2D eigenvalue weighted by Gasteiger charge is -2.18. The maximum atomic E-state index is 12.3. The molecule has 5 heteroatoms. The zero-order chi connectivity index (χ0) is 14.5. The average molecular weight is 271 g/mol. The molecule has 0 aliphatic heterocycles. The van der Waals surface area contributed by atoms with Gasteiger partial charge in [-0.1, -0.05) is 0 Å². The van der Waals surface area contributed by atoms with Gasteiger partial charge in [0.05, 0.1) is 12.8 Å². The number of amides is 1. The van der Waals surface area contributed by atoms with Crippen molar-refractivity contribution in [3.63, 3.8) is 0 Å². The van der Waals surface area contributed by atoms with Gasteiger partial charge < -0.3 is 15.4 Å². The highest BCUT2D eigenvalue weighted by Crippen LogP contribution is 2.22. The molecule has 0 spiro atoms. The molecule has 1 aromatic carbocycles. The van der Waals surface area contributed by atoms with E-state index < -0.39 is 0 Å². The summed E-state index contributed by atoms with van der Waals surface area (Å²) in [6, 6.07) is 8.80. The molecular weight excluding hydrogens is 254 g/mol. The van der Waals surface area contributed by atoms with Crippen molar-refractivity contribution in [1.82, 2.24) is 9.88 Å². The van der Waals surface area contributed by atoms with Crippen LogP contribution in [0.4, 0.5) is 5.69 Å². The van der Waals surface area contributed by atoms with Gasteiger partial charge in [-0.15, -0.1) is 0 Å². The molecule has 1 amide bonds. The molecular formula is C15H17N3O2. The molecule has 20 heavy (non-hydrogen) atoms. The van der Waals surface area contributed by atoms with E-state index in [4.69, 9.17) is 10.5 Å². The maximum absolute atomic E-state index is 12.3. The lowest BCUT2D eigenvalue weighted by atomic mass is 10.1. The van der Waals surface area contributed by atoms with E-state index in [1.54, 1.807) is 49.7 Å². The Kier molecular flexibility index (Phi) is 4.20. The van der Waals surface area contributed by atoms with Crippen LogP contribution in [0.3, 0.4) is 0 Å². The van der Waals surface area contributed by atoms with Crippen molar-refractivity contribution in [2.24, 2.45) is 0 Å². The fourth-order valence-electron chi connectivity index (χ4n) is 1.92. The monoisotopic (exact) mass is 271 g/mol. The summed E-state index contributed by atoms with van der Waals surface area (Å²) in [6.45, 7) is 0.521. The molecule has 1 heterocycles. The highest BCUT2D eigenvalue weighted by molar-refractivity contribution is 5.95. The second-order valence-electron chi connectivity index (χ2n) is 4.47. The Morgan fingerprint density at radius 1 is 1.30 bits per heavy atom. The third-order valence-corrected chi connectivity index (χ3v) is 2.99. The number of anilines is 1. The minimum absolute atomic E-state index is 0.0869. The summed E-state index contributed by atoms with van der Waals surface area (Å²) >= 11 is 0. The molecule has 5 nitrogen and oxygen atoms in total. The van der Waals surface area contributed by atoms with Crippen molar-refractivity contribution >= 4 is 11.6 Å². The SMILES string of the molecule is COc1ccc(C(=O)N(C)Cc2ccncc2)cc1N. The van der Waals surface area contributed by atoms with Crippen LogP contribution in [0.15, 0.2) is 42.7 Å². The molecule has 0 saturated carbocycles. The van der Waals surface area contributed by atoms with Crippen LogP contribution in [-0.4, -0.2) is 29.9 Å². The molecule has 0 saturated heterocycles. The second-order valence-corrected chi connectivity index (χ2v) is 4.47. The van der Waals surface area contributed by atoms with E-state index in [-0.39, 0.29) is 5.91 Å². The summed E-state index contributed by atoms with van der Waals surface area (Å²) in [6.07, 6.45) is 3.41. The third-order valence-electron chi connectivity index (χ3n) is 2.99. The van der Waals surface area contributed by atoms with Gasteiger partial charge in [0.1, 0.15) is 5.75 Å². The first kappa shape index (κ1) is 13.9. The fraction of sp³-hybridized carbons (Fsp3) is 0.200. The number of nitrogens with zero attached hydrogens (tertiary/aromatic N) is 2. The van der Waals surface area contributed by atoms with Crippen LogP contribution in [0.25, 0.3) is 0 Å². The number of ether oxygens (including phenoxy) is 1. The van der Waals surface area contributed by atoms with E-state index in [1.807, 2.05) is 12.1 Å². The number of hydrogen-bond donors (Lipinski definition) is 1. The Morgan fingerprint density at radius 3 is 2.60 bits per heavy atom. The van der Waals surface area contributed by atoms with Crippen molar-refractivity contribution in [2.45, 2.75) is 6.54 Å². The number of methoxy groups -OCH3 is 1. The average Bonchev–Trinajstić information content (AvgIpc) is 2.47. The van der Waals surface area contributed by atoms with Crippen LogP contribution < -0.4 is 10.5 Å². The number of hydrogen-bond acceptors (Lipinski definition) is 4. The number of benzene rings is 1. The molecule has 1 aromatic heterocycles. The number of aromatic nitrogens is 1. The molecule has 0 bridgehead atoms. The minimum Gasteiger partial charge on any atom is -0.495 e. The van der Waals surface area contributed by atoms with Crippen molar-refractivity contribution < 1.29 is 9.53 Å². The largest absolute Gasteiger partial charge is 0.495 e. The van der Waals surface area contributed by atoms with Crippen LogP contribution in [0.1, 0.15) is 15.9 Å². The first-order valence-electron chi connectivity index (χ1n) is 6.19. The normalized spacial score (nSPS) is 10.1. The van der Waals surface area contributed by atoms with Crippen molar-refractivity contribution in [1.29, 1.82) is 0 Å². The van der Waals surface area contributed by atoms with E-state index in [9.17, 15) is 4.79 Å². The standard InChI is InChI=1S/C15H17N3O2/c1-18(10-11-5-7-17-8-6-11)15(19)12-3-4-14(20-2)13(16)9-12/h3-9H,10,16H2,1-2H3. The highest BCUT2D eigenvalue weighted by atomic mass is 16.5. The van der Waals surface area contributed by atoms with Gasteiger partial charge in [-0.3, -0.25) is 9.78 Å². The summed E-state index contributed by atoms with van der Waals surface area (Å²) in [5.74, 6) is 0.481. The summed E-state index contributed by atoms with van der Waals surface area (Å²) in [7, 11) is 3.30. The number of pyridine rings is 1. The summed E-state index contributed by atoms with van der Waals surface area (Å²) in [5.41, 5.74) is 7.84. The summed E-state index contributed by atoms with van der Waals surface area (Å²) < 4.78 is 5.08. The van der Waals surface area contributed by atoms with E-state index in [0.29, 0.717) is 23.5 Å². The molecule has 0 aliphatic rings. The zero-order valence-corrected chi connectivity index (χ0v) is 11.5. The molecule has 0 atom stereocenters. The topological polar surface area (TPSA) is 68.5 Å². The first-order valence-corrected chi connectivity index (χ1v) is 6.19. The predicted molar refractivity (Wildman–Crippen MR) is 77.4 cm³/mol. The van der Waals surface area contributed by atoms with Gasteiger partial charge in [-0.05, 0) is 35.9 Å². The molecule has 2 aromatic rings. The van der Waals surface area contributed by atoms with Gasteiger partial charge >= 0.3 is 0 Å². The molecule has 2 N–H and O–H groups in total. The maximum Gasteiger partial charge on any atom is 0.253 e. The number of nitrogen functional groups attached to an aromatic ring is 1. The lowest BCUT2D eigenvalue weighted by molar-refractivity contribution is 0.0785. The minimum atomic E-state index is -0.0869. The van der Waals surface area contributed by atoms with Crippen LogP contribution in [0.2, 0.25) is 0 Å². The lowest BCUT2D eigenvalue weighted by Crippen LogP contribution is -2.26. The van der Waals surface area contributed by atoms with Crippen LogP contribution in [0.5, 0.6) is 5.75 Å².